The first-order valence-corrected chi connectivity index (χ1v) is 11.6. The fourth-order valence-corrected chi connectivity index (χ4v) is 6.62. The summed E-state index contributed by atoms with van der Waals surface area (Å²) in [5.74, 6) is 0.143. The highest BCUT2D eigenvalue weighted by Gasteiger charge is 2.30. The molecule has 0 radical (unpaired) electrons. The maximum absolute atomic E-state index is 12.6. The van der Waals surface area contributed by atoms with E-state index in [1.165, 1.54) is 4.31 Å². The molecular formula is C16H24N2O4S2. The minimum absolute atomic E-state index is 0.143. The Labute approximate surface area is 144 Å². The van der Waals surface area contributed by atoms with E-state index in [-0.39, 0.29) is 11.0 Å². The van der Waals surface area contributed by atoms with Crippen molar-refractivity contribution in [3.05, 3.63) is 23.8 Å². The van der Waals surface area contributed by atoms with Crippen molar-refractivity contribution in [2.75, 3.05) is 21.3 Å². The first kappa shape index (κ1) is 17.5. The number of benzene rings is 1. The summed E-state index contributed by atoms with van der Waals surface area (Å²) in [6.45, 7) is 2.27. The number of hydrogen-bond donors (Lipinski definition) is 1. The van der Waals surface area contributed by atoms with Gasteiger partial charge in [-0.05, 0) is 43.9 Å². The van der Waals surface area contributed by atoms with Crippen LogP contribution in [-0.4, -0.2) is 34.4 Å². The zero-order valence-corrected chi connectivity index (χ0v) is 15.5. The second-order valence-electron chi connectivity index (χ2n) is 6.65. The molecule has 3 rings (SSSR count). The van der Waals surface area contributed by atoms with E-state index >= 15 is 0 Å². The molecule has 24 heavy (non-hydrogen) atoms. The minimum Gasteiger partial charge on any atom is -0.283 e. The van der Waals surface area contributed by atoms with Crippen molar-refractivity contribution in [1.82, 2.24) is 0 Å². The van der Waals surface area contributed by atoms with E-state index < -0.39 is 20.0 Å². The summed E-state index contributed by atoms with van der Waals surface area (Å²) in [6.07, 6.45) is 4.95. The van der Waals surface area contributed by atoms with Crippen LogP contribution in [-0.2, 0) is 20.0 Å². The summed E-state index contributed by atoms with van der Waals surface area (Å²) in [6, 6.07) is 5.14. The molecule has 1 saturated carbocycles. The van der Waals surface area contributed by atoms with E-state index in [0.717, 1.165) is 24.8 Å². The van der Waals surface area contributed by atoms with Crippen LogP contribution in [0.5, 0.6) is 0 Å². The third kappa shape index (κ3) is 3.54. The van der Waals surface area contributed by atoms with Crippen LogP contribution in [0, 0.1) is 6.92 Å². The van der Waals surface area contributed by atoms with Gasteiger partial charge in [-0.25, -0.2) is 16.8 Å². The first-order chi connectivity index (χ1) is 11.3. The normalized spacial score (nSPS) is 21.8. The Balaban J connectivity index is 1.87. The molecule has 0 atom stereocenters. The van der Waals surface area contributed by atoms with Gasteiger partial charge in [-0.3, -0.25) is 9.03 Å². The van der Waals surface area contributed by atoms with Gasteiger partial charge in [-0.1, -0.05) is 25.3 Å². The van der Waals surface area contributed by atoms with Crippen LogP contribution in [0.3, 0.4) is 0 Å². The highest BCUT2D eigenvalue weighted by Crippen LogP contribution is 2.31. The van der Waals surface area contributed by atoms with Crippen molar-refractivity contribution >= 4 is 31.4 Å². The average Bonchev–Trinajstić information content (AvgIpc) is 2.89. The van der Waals surface area contributed by atoms with Crippen LogP contribution >= 0.6 is 0 Å². The third-order valence-electron chi connectivity index (χ3n) is 4.85. The monoisotopic (exact) mass is 372 g/mol. The Hall–Kier alpha value is -1.28. The lowest BCUT2D eigenvalue weighted by molar-refractivity contribution is 0.486. The number of nitrogens with one attached hydrogen (secondary N) is 1. The molecule has 1 aliphatic carbocycles. The minimum atomic E-state index is -3.45. The highest BCUT2D eigenvalue weighted by molar-refractivity contribution is 7.93. The molecule has 1 aromatic carbocycles. The third-order valence-corrected chi connectivity index (χ3v) is 8.57. The summed E-state index contributed by atoms with van der Waals surface area (Å²) in [5, 5.41) is -0.357. The Morgan fingerprint density at radius 3 is 2.46 bits per heavy atom. The maximum atomic E-state index is 12.6. The first-order valence-electron chi connectivity index (χ1n) is 8.42. The predicted molar refractivity (Wildman–Crippen MR) is 96.3 cm³/mol. The molecule has 1 aliphatic heterocycles. The molecular weight excluding hydrogens is 348 g/mol. The molecule has 0 unspecified atom stereocenters. The molecule has 0 bridgehead atoms. The summed E-state index contributed by atoms with van der Waals surface area (Å²) in [7, 11) is -6.72. The SMILES string of the molecule is Cc1ccc(N2CCCS2(=O)=O)cc1NS(=O)(=O)C1CCCCC1. The van der Waals surface area contributed by atoms with Crippen LogP contribution < -0.4 is 9.03 Å². The van der Waals surface area contributed by atoms with Gasteiger partial charge in [0.25, 0.3) is 0 Å². The highest BCUT2D eigenvalue weighted by atomic mass is 32.2. The van der Waals surface area contributed by atoms with Gasteiger partial charge in [0.05, 0.1) is 22.4 Å². The quantitative estimate of drug-likeness (QED) is 0.880. The van der Waals surface area contributed by atoms with Crippen LogP contribution in [0.25, 0.3) is 0 Å². The largest absolute Gasteiger partial charge is 0.283 e. The second-order valence-corrected chi connectivity index (χ2v) is 10.6. The number of nitrogens with zero attached hydrogens (tertiary/aromatic N) is 1. The molecule has 0 amide bonds. The standard InChI is InChI=1S/C16H24N2O4S2/c1-13-8-9-14(18-10-5-11-23(18,19)20)12-16(13)17-24(21,22)15-6-3-2-4-7-15/h8-9,12,15,17H,2-7,10-11H2,1H3. The number of sulfonamides is 2. The van der Waals surface area contributed by atoms with Crippen molar-refractivity contribution in [3.8, 4) is 0 Å². The molecule has 134 valence electrons. The second kappa shape index (κ2) is 6.55. The fourth-order valence-electron chi connectivity index (χ4n) is 3.42. The molecule has 2 fully saturated rings. The van der Waals surface area contributed by atoms with Crippen molar-refractivity contribution in [2.45, 2.75) is 50.7 Å². The molecule has 1 N–H and O–H groups in total. The van der Waals surface area contributed by atoms with Crippen LogP contribution in [0.4, 0.5) is 11.4 Å². The Bertz CT molecular complexity index is 812. The van der Waals surface area contributed by atoms with Crippen molar-refractivity contribution in [1.29, 1.82) is 0 Å². The van der Waals surface area contributed by atoms with Crippen LogP contribution in [0.15, 0.2) is 18.2 Å². The van der Waals surface area contributed by atoms with Gasteiger partial charge in [-0.2, -0.15) is 0 Å². The summed E-state index contributed by atoms with van der Waals surface area (Å²) in [4.78, 5) is 0. The zero-order chi connectivity index (χ0) is 17.4. The van der Waals surface area contributed by atoms with Gasteiger partial charge in [-0.15, -0.1) is 0 Å². The smallest absolute Gasteiger partial charge is 0.235 e. The van der Waals surface area contributed by atoms with E-state index in [2.05, 4.69) is 4.72 Å². The van der Waals surface area contributed by atoms with Crippen LogP contribution in [0.2, 0.25) is 0 Å². The molecule has 1 saturated heterocycles. The molecule has 1 heterocycles. The molecule has 2 aliphatic rings. The molecule has 0 aromatic heterocycles. The summed E-state index contributed by atoms with van der Waals surface area (Å²) in [5.41, 5.74) is 1.79. The van der Waals surface area contributed by atoms with E-state index in [1.54, 1.807) is 18.2 Å². The summed E-state index contributed by atoms with van der Waals surface area (Å²) < 4.78 is 53.5. The van der Waals surface area contributed by atoms with Crippen molar-refractivity contribution < 1.29 is 16.8 Å². The van der Waals surface area contributed by atoms with Crippen molar-refractivity contribution in [2.24, 2.45) is 0 Å². The maximum Gasteiger partial charge on any atom is 0.235 e. The number of aryl methyl sites for hydroxylation is 1. The van der Waals surface area contributed by atoms with E-state index in [4.69, 9.17) is 0 Å². The van der Waals surface area contributed by atoms with Gasteiger partial charge in [0.2, 0.25) is 20.0 Å². The topological polar surface area (TPSA) is 83.6 Å². The van der Waals surface area contributed by atoms with Crippen molar-refractivity contribution in [3.63, 3.8) is 0 Å². The van der Waals surface area contributed by atoms with E-state index in [1.807, 2.05) is 6.92 Å². The van der Waals surface area contributed by atoms with Crippen LogP contribution in [0.1, 0.15) is 44.1 Å². The van der Waals surface area contributed by atoms with E-state index in [9.17, 15) is 16.8 Å². The van der Waals surface area contributed by atoms with Gasteiger partial charge < -0.3 is 0 Å². The number of anilines is 2. The lowest BCUT2D eigenvalue weighted by atomic mass is 10.0. The molecule has 1 aromatic rings. The lowest BCUT2D eigenvalue weighted by Gasteiger charge is -2.24. The predicted octanol–water partition coefficient (Wildman–Crippen LogP) is 2.61. The average molecular weight is 373 g/mol. The fraction of sp³-hybridized carbons (Fsp3) is 0.625. The molecule has 0 spiro atoms. The van der Waals surface area contributed by atoms with Gasteiger partial charge >= 0.3 is 0 Å². The Morgan fingerprint density at radius 1 is 1.12 bits per heavy atom. The summed E-state index contributed by atoms with van der Waals surface area (Å²) >= 11 is 0. The lowest BCUT2D eigenvalue weighted by Crippen LogP contribution is -2.30. The molecule has 6 nitrogen and oxygen atoms in total. The van der Waals surface area contributed by atoms with Gasteiger partial charge in [0.15, 0.2) is 0 Å². The van der Waals surface area contributed by atoms with E-state index in [0.29, 0.717) is 37.2 Å². The van der Waals surface area contributed by atoms with Gasteiger partial charge in [0.1, 0.15) is 0 Å². The van der Waals surface area contributed by atoms with Gasteiger partial charge in [0, 0.05) is 6.54 Å². The number of hydrogen-bond acceptors (Lipinski definition) is 4. The Morgan fingerprint density at radius 2 is 1.83 bits per heavy atom. The molecule has 8 heteroatoms. The zero-order valence-electron chi connectivity index (χ0n) is 13.9. The number of rotatable bonds is 4. The Kier molecular flexibility index (Phi) is 4.79.